The molecule has 1 aliphatic rings. The second-order valence-electron chi connectivity index (χ2n) is 6.24. The first kappa shape index (κ1) is 19.8. The Morgan fingerprint density at radius 2 is 1.88 bits per heavy atom. The van der Waals surface area contributed by atoms with Gasteiger partial charge in [0.05, 0.1) is 12.1 Å². The first-order valence-corrected chi connectivity index (χ1v) is 8.72. The summed E-state index contributed by atoms with van der Waals surface area (Å²) in [6.45, 7) is 3.78. The summed E-state index contributed by atoms with van der Waals surface area (Å²) in [6.07, 6.45) is 6.36. The lowest BCUT2D eigenvalue weighted by Gasteiger charge is -2.19. The Labute approximate surface area is 159 Å². The molecule has 0 saturated heterocycles. The van der Waals surface area contributed by atoms with Crippen LogP contribution in [0.2, 0.25) is 5.02 Å². The van der Waals surface area contributed by atoms with Crippen LogP contribution in [0.4, 0.5) is 10.1 Å². The zero-order valence-corrected chi connectivity index (χ0v) is 15.7. The Balaban J connectivity index is 0.000000758. The van der Waals surface area contributed by atoms with Gasteiger partial charge in [-0.3, -0.25) is 4.79 Å². The topological polar surface area (TPSA) is 41.1 Å². The SMILES string of the molecule is C#CC.Cc1cc(Cl)ccc1NCC(=O)NC1(c2ccc(F)cc2)CC1. The van der Waals surface area contributed by atoms with Crippen molar-refractivity contribution in [3.63, 3.8) is 0 Å². The number of terminal acetylenes is 1. The van der Waals surface area contributed by atoms with Crippen LogP contribution in [-0.2, 0) is 10.3 Å². The first-order chi connectivity index (χ1) is 12.4. The lowest BCUT2D eigenvalue weighted by molar-refractivity contribution is -0.120. The molecule has 1 fully saturated rings. The van der Waals surface area contributed by atoms with E-state index < -0.39 is 0 Å². The Morgan fingerprint density at radius 3 is 2.42 bits per heavy atom. The molecular formula is C21H22ClFN2O. The molecule has 2 aromatic rings. The molecule has 3 nitrogen and oxygen atoms in total. The van der Waals surface area contributed by atoms with Gasteiger partial charge in [0.1, 0.15) is 5.82 Å². The van der Waals surface area contributed by atoms with Gasteiger partial charge < -0.3 is 10.6 Å². The van der Waals surface area contributed by atoms with E-state index in [-0.39, 0.29) is 23.8 Å². The predicted molar refractivity (Wildman–Crippen MR) is 105 cm³/mol. The average Bonchev–Trinajstić information content (AvgIpc) is 3.36. The Kier molecular flexibility index (Phi) is 6.65. The monoisotopic (exact) mass is 372 g/mol. The molecule has 136 valence electrons. The van der Waals surface area contributed by atoms with Gasteiger partial charge in [-0.1, -0.05) is 23.7 Å². The Hall–Kier alpha value is -2.51. The highest BCUT2D eigenvalue weighted by molar-refractivity contribution is 6.30. The van der Waals surface area contributed by atoms with Crippen LogP contribution in [0.25, 0.3) is 0 Å². The predicted octanol–water partition coefficient (Wildman–Crippen LogP) is 4.64. The maximum absolute atomic E-state index is 13.0. The molecule has 2 aromatic carbocycles. The fourth-order valence-electron chi connectivity index (χ4n) is 2.69. The van der Waals surface area contributed by atoms with Crippen molar-refractivity contribution in [1.29, 1.82) is 0 Å². The van der Waals surface area contributed by atoms with Gasteiger partial charge in [0.15, 0.2) is 0 Å². The van der Waals surface area contributed by atoms with Gasteiger partial charge in [0.25, 0.3) is 0 Å². The van der Waals surface area contributed by atoms with Crippen LogP contribution in [0.1, 0.15) is 30.9 Å². The molecule has 3 rings (SSSR count). The normalized spacial score (nSPS) is 13.7. The van der Waals surface area contributed by atoms with E-state index in [9.17, 15) is 9.18 Å². The highest BCUT2D eigenvalue weighted by Crippen LogP contribution is 2.45. The summed E-state index contributed by atoms with van der Waals surface area (Å²) in [5.74, 6) is 1.90. The molecule has 0 spiro atoms. The molecule has 1 aliphatic carbocycles. The largest absolute Gasteiger partial charge is 0.376 e. The van der Waals surface area contributed by atoms with Crippen LogP contribution in [0, 0.1) is 25.1 Å². The second kappa shape index (κ2) is 8.73. The van der Waals surface area contributed by atoms with Gasteiger partial charge in [-0.2, -0.15) is 0 Å². The zero-order chi connectivity index (χ0) is 19.2. The second-order valence-corrected chi connectivity index (χ2v) is 6.68. The van der Waals surface area contributed by atoms with E-state index in [0.29, 0.717) is 5.02 Å². The van der Waals surface area contributed by atoms with Gasteiger partial charge in [-0.05, 0) is 68.1 Å². The smallest absolute Gasteiger partial charge is 0.239 e. The molecule has 5 heteroatoms. The van der Waals surface area contributed by atoms with Gasteiger partial charge in [-0.25, -0.2) is 4.39 Å². The van der Waals surface area contributed by atoms with Crippen LogP contribution < -0.4 is 10.6 Å². The first-order valence-electron chi connectivity index (χ1n) is 8.34. The van der Waals surface area contributed by atoms with Crippen LogP contribution in [0.3, 0.4) is 0 Å². The Bertz CT molecular complexity index is 808. The van der Waals surface area contributed by atoms with Crippen molar-refractivity contribution in [2.24, 2.45) is 0 Å². The minimum atomic E-state index is -0.332. The molecule has 0 aromatic heterocycles. The van der Waals surface area contributed by atoms with Crippen LogP contribution in [0.5, 0.6) is 0 Å². The molecule has 1 amide bonds. The standard InChI is InChI=1S/C18H18ClFN2O.C3H4/c1-12-10-14(19)4-7-16(12)21-11-17(23)22-18(8-9-18)13-2-5-15(20)6-3-13;1-3-2/h2-7,10,21H,8-9,11H2,1H3,(H,22,23);1H,2H3. The van der Waals surface area contributed by atoms with E-state index in [2.05, 4.69) is 23.0 Å². The van der Waals surface area contributed by atoms with Crippen LogP contribution in [0.15, 0.2) is 42.5 Å². The number of aryl methyl sites for hydroxylation is 1. The number of halogens is 2. The number of hydrogen-bond acceptors (Lipinski definition) is 2. The van der Waals surface area contributed by atoms with Crippen molar-refractivity contribution in [1.82, 2.24) is 5.32 Å². The third-order valence-corrected chi connectivity index (χ3v) is 4.39. The van der Waals surface area contributed by atoms with Crippen molar-refractivity contribution < 1.29 is 9.18 Å². The maximum Gasteiger partial charge on any atom is 0.239 e. The molecule has 0 unspecified atom stereocenters. The van der Waals surface area contributed by atoms with Gasteiger partial charge in [0, 0.05) is 10.7 Å². The van der Waals surface area contributed by atoms with Gasteiger partial charge in [-0.15, -0.1) is 12.3 Å². The number of carbonyl (C=O) groups is 1. The molecule has 26 heavy (non-hydrogen) atoms. The molecular weight excluding hydrogens is 351 g/mol. The fraction of sp³-hybridized carbons (Fsp3) is 0.286. The van der Waals surface area contributed by atoms with Crippen molar-refractivity contribution in [3.8, 4) is 12.3 Å². The summed E-state index contributed by atoms with van der Waals surface area (Å²) in [4.78, 5) is 12.2. The number of benzene rings is 2. The van der Waals surface area contributed by atoms with Crippen molar-refractivity contribution >= 4 is 23.2 Å². The molecule has 0 bridgehead atoms. The van der Waals surface area contributed by atoms with E-state index in [4.69, 9.17) is 11.6 Å². The minimum absolute atomic E-state index is 0.0822. The third-order valence-electron chi connectivity index (χ3n) is 4.15. The third kappa shape index (κ3) is 5.24. The molecule has 0 atom stereocenters. The highest BCUT2D eigenvalue weighted by Gasteiger charge is 2.45. The summed E-state index contributed by atoms with van der Waals surface area (Å²) in [5.41, 5.74) is 2.50. The summed E-state index contributed by atoms with van der Waals surface area (Å²) >= 11 is 5.92. The number of nitrogens with one attached hydrogen (secondary N) is 2. The lowest BCUT2D eigenvalue weighted by Crippen LogP contribution is -2.38. The van der Waals surface area contributed by atoms with E-state index in [1.165, 1.54) is 12.1 Å². The quantitative estimate of drug-likeness (QED) is 0.750. The molecule has 0 heterocycles. The van der Waals surface area contributed by atoms with Crippen molar-refractivity contribution in [2.75, 3.05) is 11.9 Å². The van der Waals surface area contributed by atoms with Gasteiger partial charge >= 0.3 is 0 Å². The Morgan fingerprint density at radius 1 is 1.27 bits per heavy atom. The molecule has 1 saturated carbocycles. The van der Waals surface area contributed by atoms with Crippen molar-refractivity contribution in [2.45, 2.75) is 32.2 Å². The minimum Gasteiger partial charge on any atom is -0.376 e. The lowest BCUT2D eigenvalue weighted by atomic mass is 10.0. The molecule has 2 N–H and O–H groups in total. The number of anilines is 1. The summed E-state index contributed by atoms with van der Waals surface area (Å²) in [5, 5.41) is 6.85. The number of hydrogen-bond donors (Lipinski definition) is 2. The summed E-state index contributed by atoms with van der Waals surface area (Å²) < 4.78 is 13.0. The highest BCUT2D eigenvalue weighted by atomic mass is 35.5. The maximum atomic E-state index is 13.0. The van der Waals surface area contributed by atoms with E-state index >= 15 is 0 Å². The van der Waals surface area contributed by atoms with Gasteiger partial charge in [0.2, 0.25) is 5.91 Å². The van der Waals surface area contributed by atoms with Crippen molar-refractivity contribution in [3.05, 3.63) is 64.4 Å². The number of amides is 1. The van der Waals surface area contributed by atoms with Crippen LogP contribution >= 0.6 is 11.6 Å². The molecule has 0 aliphatic heterocycles. The zero-order valence-electron chi connectivity index (χ0n) is 14.9. The summed E-state index contributed by atoms with van der Waals surface area (Å²) in [6, 6.07) is 11.8. The van der Waals surface area contributed by atoms with E-state index in [1.54, 1.807) is 25.1 Å². The van der Waals surface area contributed by atoms with E-state index in [1.807, 2.05) is 19.1 Å². The number of carbonyl (C=O) groups excluding carboxylic acids is 1. The summed E-state index contributed by atoms with van der Waals surface area (Å²) in [7, 11) is 0. The van der Waals surface area contributed by atoms with Crippen LogP contribution in [-0.4, -0.2) is 12.5 Å². The fourth-order valence-corrected chi connectivity index (χ4v) is 2.92. The number of rotatable bonds is 5. The average molecular weight is 373 g/mol. The molecule has 0 radical (unpaired) electrons. The van der Waals surface area contributed by atoms with E-state index in [0.717, 1.165) is 29.7 Å².